The van der Waals surface area contributed by atoms with Gasteiger partial charge in [0.15, 0.2) is 0 Å². The number of nitrogens with zero attached hydrogens (tertiary/aromatic N) is 2. The van der Waals surface area contributed by atoms with Crippen molar-refractivity contribution in [3.8, 4) is 11.8 Å². The summed E-state index contributed by atoms with van der Waals surface area (Å²) in [7, 11) is 0. The summed E-state index contributed by atoms with van der Waals surface area (Å²) in [5, 5.41) is 3.48. The van der Waals surface area contributed by atoms with Crippen LogP contribution in [0.3, 0.4) is 0 Å². The predicted octanol–water partition coefficient (Wildman–Crippen LogP) is 1.85. The molecule has 2 fully saturated rings. The number of piperidine rings is 1. The molecule has 0 amide bonds. The van der Waals surface area contributed by atoms with Crippen LogP contribution in [-0.4, -0.2) is 34.0 Å². The molecule has 1 N–H and O–H groups in total. The Morgan fingerprint density at radius 1 is 1.33 bits per heavy atom. The first-order valence-corrected chi connectivity index (χ1v) is 7.45. The molecule has 3 rings (SSSR count). The smallest absolute Gasteiger partial charge is 0.291 e. The van der Waals surface area contributed by atoms with E-state index in [9.17, 15) is 0 Å². The summed E-state index contributed by atoms with van der Waals surface area (Å²) in [4.78, 5) is 0. The second-order valence-corrected chi connectivity index (χ2v) is 5.60. The average Bonchev–Trinajstić information content (AvgIpc) is 3.07. The standard InChI is InChI=1S/C12H19N3O2S/c1-2-3-4-16-11-12(15-18-14-11)17-10-6-9-5-8(10)7-13-9/h8-10,13H,2-7H2,1H3. The molecule has 18 heavy (non-hydrogen) atoms. The van der Waals surface area contributed by atoms with Gasteiger partial charge in [-0.3, -0.25) is 0 Å². The largest absolute Gasteiger partial charge is 0.473 e. The van der Waals surface area contributed by atoms with Crippen LogP contribution in [-0.2, 0) is 0 Å². The molecule has 1 aliphatic heterocycles. The third-order valence-corrected chi connectivity index (χ3v) is 4.22. The van der Waals surface area contributed by atoms with Crippen LogP contribution >= 0.6 is 11.7 Å². The summed E-state index contributed by atoms with van der Waals surface area (Å²) < 4.78 is 20.0. The minimum absolute atomic E-state index is 0.286. The highest BCUT2D eigenvalue weighted by Crippen LogP contribution is 2.36. The minimum atomic E-state index is 0.286. The van der Waals surface area contributed by atoms with Crippen LogP contribution in [0.25, 0.3) is 0 Å². The van der Waals surface area contributed by atoms with E-state index in [-0.39, 0.29) is 6.10 Å². The van der Waals surface area contributed by atoms with Gasteiger partial charge in [-0.05, 0) is 12.8 Å². The highest BCUT2D eigenvalue weighted by molar-refractivity contribution is 6.99. The molecule has 3 atom stereocenters. The summed E-state index contributed by atoms with van der Waals surface area (Å²) in [5.74, 6) is 1.79. The van der Waals surface area contributed by atoms with E-state index in [0.717, 1.165) is 37.5 Å². The molecule has 1 saturated carbocycles. The molecule has 0 aromatic carbocycles. The van der Waals surface area contributed by atoms with Crippen molar-refractivity contribution < 1.29 is 9.47 Å². The molecule has 1 aromatic heterocycles. The summed E-state index contributed by atoms with van der Waals surface area (Å²) in [5.41, 5.74) is 0. The summed E-state index contributed by atoms with van der Waals surface area (Å²) in [6.07, 6.45) is 4.75. The Bertz CT molecular complexity index is 398. The van der Waals surface area contributed by atoms with E-state index in [1.54, 1.807) is 0 Å². The van der Waals surface area contributed by atoms with E-state index < -0.39 is 0 Å². The van der Waals surface area contributed by atoms with Crippen LogP contribution in [0.5, 0.6) is 11.8 Å². The Morgan fingerprint density at radius 2 is 2.22 bits per heavy atom. The summed E-state index contributed by atoms with van der Waals surface area (Å²) in [6, 6.07) is 0.635. The lowest BCUT2D eigenvalue weighted by atomic mass is 10.1. The van der Waals surface area contributed by atoms with Gasteiger partial charge < -0.3 is 14.8 Å². The average molecular weight is 269 g/mol. The zero-order valence-corrected chi connectivity index (χ0v) is 11.4. The van der Waals surface area contributed by atoms with Crippen LogP contribution in [0.4, 0.5) is 0 Å². The van der Waals surface area contributed by atoms with Gasteiger partial charge >= 0.3 is 0 Å². The Kier molecular flexibility index (Phi) is 3.65. The van der Waals surface area contributed by atoms with Crippen LogP contribution in [0.2, 0.25) is 0 Å². The summed E-state index contributed by atoms with van der Waals surface area (Å²) >= 11 is 1.16. The van der Waals surface area contributed by atoms with Gasteiger partial charge in [0.05, 0.1) is 18.3 Å². The van der Waals surface area contributed by atoms with Crippen LogP contribution in [0.15, 0.2) is 0 Å². The molecule has 1 aromatic rings. The fourth-order valence-corrected chi connectivity index (χ4v) is 3.16. The topological polar surface area (TPSA) is 56.3 Å². The molecule has 2 aliphatic rings. The zero-order valence-electron chi connectivity index (χ0n) is 10.6. The third-order valence-electron chi connectivity index (χ3n) is 3.73. The first-order chi connectivity index (χ1) is 8.86. The van der Waals surface area contributed by atoms with Gasteiger partial charge in [0.1, 0.15) is 6.10 Å². The molecular weight excluding hydrogens is 250 g/mol. The van der Waals surface area contributed by atoms with Gasteiger partial charge in [0.2, 0.25) is 0 Å². The Hall–Kier alpha value is -0.880. The van der Waals surface area contributed by atoms with E-state index in [2.05, 4.69) is 21.0 Å². The minimum Gasteiger partial charge on any atom is -0.473 e. The molecule has 1 saturated heterocycles. The van der Waals surface area contributed by atoms with Gasteiger partial charge in [-0.25, -0.2) is 0 Å². The maximum atomic E-state index is 5.98. The Morgan fingerprint density at radius 3 is 2.94 bits per heavy atom. The van der Waals surface area contributed by atoms with Crippen molar-refractivity contribution >= 4 is 11.7 Å². The van der Waals surface area contributed by atoms with Gasteiger partial charge in [-0.2, -0.15) is 0 Å². The number of hydrogen-bond acceptors (Lipinski definition) is 6. The molecule has 6 heteroatoms. The lowest BCUT2D eigenvalue weighted by molar-refractivity contribution is 0.133. The van der Waals surface area contributed by atoms with Crippen molar-refractivity contribution in [1.29, 1.82) is 0 Å². The highest BCUT2D eigenvalue weighted by atomic mass is 32.1. The van der Waals surface area contributed by atoms with Gasteiger partial charge in [-0.15, -0.1) is 8.75 Å². The molecule has 0 spiro atoms. The molecule has 5 nitrogen and oxygen atoms in total. The second kappa shape index (κ2) is 5.40. The van der Waals surface area contributed by atoms with Crippen molar-refractivity contribution in [3.63, 3.8) is 0 Å². The van der Waals surface area contributed by atoms with Gasteiger partial charge in [0.25, 0.3) is 11.8 Å². The number of unbranched alkanes of at least 4 members (excludes halogenated alkanes) is 1. The summed E-state index contributed by atoms with van der Waals surface area (Å²) in [6.45, 7) is 3.90. The third kappa shape index (κ3) is 2.44. The van der Waals surface area contributed by atoms with Crippen LogP contribution in [0, 0.1) is 5.92 Å². The van der Waals surface area contributed by atoms with E-state index >= 15 is 0 Å². The number of aromatic nitrogens is 2. The van der Waals surface area contributed by atoms with Crippen molar-refractivity contribution in [3.05, 3.63) is 0 Å². The fourth-order valence-electron chi connectivity index (χ4n) is 2.72. The quantitative estimate of drug-likeness (QED) is 0.799. The lowest BCUT2D eigenvalue weighted by Crippen LogP contribution is -2.35. The van der Waals surface area contributed by atoms with Crippen LogP contribution in [0.1, 0.15) is 32.6 Å². The molecule has 2 bridgehead atoms. The normalized spacial score (nSPS) is 29.7. The predicted molar refractivity (Wildman–Crippen MR) is 69.2 cm³/mol. The molecule has 1 aliphatic carbocycles. The maximum absolute atomic E-state index is 5.98. The molecular formula is C12H19N3O2S. The maximum Gasteiger partial charge on any atom is 0.291 e. The first-order valence-electron chi connectivity index (χ1n) is 6.72. The van der Waals surface area contributed by atoms with Crippen molar-refractivity contribution in [2.45, 2.75) is 44.8 Å². The number of rotatable bonds is 6. The van der Waals surface area contributed by atoms with Crippen LogP contribution < -0.4 is 14.8 Å². The first kappa shape index (κ1) is 12.2. The molecule has 3 unspecified atom stereocenters. The monoisotopic (exact) mass is 269 g/mol. The zero-order chi connectivity index (χ0) is 12.4. The van der Waals surface area contributed by atoms with E-state index in [1.165, 1.54) is 6.42 Å². The van der Waals surface area contributed by atoms with Gasteiger partial charge in [-0.1, -0.05) is 13.3 Å². The van der Waals surface area contributed by atoms with E-state index in [1.807, 2.05) is 0 Å². The molecule has 2 heterocycles. The second-order valence-electron chi connectivity index (χ2n) is 5.07. The van der Waals surface area contributed by atoms with Crippen molar-refractivity contribution in [2.75, 3.05) is 13.2 Å². The number of fused-ring (bicyclic) bond motifs is 2. The lowest BCUT2D eigenvalue weighted by Gasteiger charge is -2.22. The van der Waals surface area contributed by atoms with E-state index in [0.29, 0.717) is 30.3 Å². The van der Waals surface area contributed by atoms with E-state index in [4.69, 9.17) is 9.47 Å². The van der Waals surface area contributed by atoms with Crippen molar-refractivity contribution in [1.82, 2.24) is 14.1 Å². The number of ether oxygens (including phenoxy) is 2. The number of nitrogens with one attached hydrogen (secondary N) is 1. The fraction of sp³-hybridized carbons (Fsp3) is 0.833. The highest BCUT2D eigenvalue weighted by Gasteiger charge is 2.41. The number of hydrogen-bond donors (Lipinski definition) is 1. The Labute approximate surface area is 111 Å². The van der Waals surface area contributed by atoms with Crippen molar-refractivity contribution in [2.24, 2.45) is 5.92 Å². The van der Waals surface area contributed by atoms with Gasteiger partial charge in [0, 0.05) is 24.9 Å². The molecule has 100 valence electrons. The SMILES string of the molecule is CCCCOc1nsnc1OC1CC2CC1CN2. The Balaban J connectivity index is 1.57. The molecule has 0 radical (unpaired) electrons.